The summed E-state index contributed by atoms with van der Waals surface area (Å²) in [5.74, 6) is 0. The van der Waals surface area contributed by atoms with Gasteiger partial charge in [-0.3, -0.25) is 0 Å². The Kier molecular flexibility index (Phi) is 5.20. The maximum absolute atomic E-state index is 11.4. The summed E-state index contributed by atoms with van der Waals surface area (Å²) in [6, 6.07) is 8.41. The highest BCUT2D eigenvalue weighted by Crippen LogP contribution is 2.06. The fraction of sp³-hybridized carbons (Fsp3) is 0.533. The van der Waals surface area contributed by atoms with E-state index in [9.17, 15) is 4.79 Å². The van der Waals surface area contributed by atoms with Gasteiger partial charge in [-0.15, -0.1) is 0 Å². The standard InChI is InChI=1S/C15H23NO2/c1-5-12-6-8-13(9-7-12)10-11-18-14(17)16-15(2,3)4/h6-9H,5,10-11H2,1-4H3,(H,16,17). The molecule has 1 aromatic rings. The SMILES string of the molecule is CCc1ccc(CCOC(=O)NC(C)(C)C)cc1. The van der Waals surface area contributed by atoms with E-state index < -0.39 is 0 Å². The summed E-state index contributed by atoms with van der Waals surface area (Å²) in [6.45, 7) is 8.33. The number of amides is 1. The van der Waals surface area contributed by atoms with Crippen LogP contribution in [0, 0.1) is 0 Å². The van der Waals surface area contributed by atoms with E-state index >= 15 is 0 Å². The van der Waals surface area contributed by atoms with Gasteiger partial charge in [0, 0.05) is 12.0 Å². The molecule has 0 spiro atoms. The van der Waals surface area contributed by atoms with Crippen molar-refractivity contribution in [2.75, 3.05) is 6.61 Å². The molecule has 0 aromatic heterocycles. The van der Waals surface area contributed by atoms with Crippen LogP contribution in [0.5, 0.6) is 0 Å². The van der Waals surface area contributed by atoms with Gasteiger partial charge in [0.15, 0.2) is 0 Å². The summed E-state index contributed by atoms with van der Waals surface area (Å²) in [4.78, 5) is 11.4. The molecule has 0 saturated heterocycles. The summed E-state index contributed by atoms with van der Waals surface area (Å²) in [5.41, 5.74) is 2.26. The van der Waals surface area contributed by atoms with Crippen molar-refractivity contribution in [1.29, 1.82) is 0 Å². The van der Waals surface area contributed by atoms with Gasteiger partial charge in [-0.05, 0) is 38.3 Å². The molecule has 0 fully saturated rings. The number of hydrogen-bond donors (Lipinski definition) is 1. The van der Waals surface area contributed by atoms with Crippen molar-refractivity contribution in [2.24, 2.45) is 0 Å². The van der Waals surface area contributed by atoms with Crippen molar-refractivity contribution in [3.05, 3.63) is 35.4 Å². The van der Waals surface area contributed by atoms with Crippen molar-refractivity contribution in [1.82, 2.24) is 5.32 Å². The molecule has 0 aliphatic heterocycles. The Morgan fingerprint density at radius 3 is 2.22 bits per heavy atom. The maximum atomic E-state index is 11.4. The lowest BCUT2D eigenvalue weighted by Crippen LogP contribution is -2.41. The van der Waals surface area contributed by atoms with Gasteiger partial charge in [0.05, 0.1) is 6.61 Å². The van der Waals surface area contributed by atoms with Crippen molar-refractivity contribution in [3.8, 4) is 0 Å². The first kappa shape index (κ1) is 14.6. The third-order valence-corrected chi connectivity index (χ3v) is 2.53. The summed E-state index contributed by atoms with van der Waals surface area (Å²) in [5, 5.41) is 2.76. The molecule has 0 radical (unpaired) electrons. The fourth-order valence-electron chi connectivity index (χ4n) is 1.55. The Balaban J connectivity index is 2.30. The zero-order valence-electron chi connectivity index (χ0n) is 11.7. The molecule has 0 aliphatic carbocycles. The number of carbonyl (C=O) groups is 1. The molecule has 0 aliphatic rings. The van der Waals surface area contributed by atoms with Gasteiger partial charge in [-0.25, -0.2) is 4.79 Å². The predicted octanol–water partition coefficient (Wildman–Crippen LogP) is 3.32. The number of nitrogens with one attached hydrogen (secondary N) is 1. The van der Waals surface area contributed by atoms with E-state index in [4.69, 9.17) is 4.74 Å². The van der Waals surface area contributed by atoms with Gasteiger partial charge in [-0.2, -0.15) is 0 Å². The first-order chi connectivity index (χ1) is 8.40. The van der Waals surface area contributed by atoms with Gasteiger partial charge >= 0.3 is 6.09 Å². The smallest absolute Gasteiger partial charge is 0.407 e. The number of hydrogen-bond acceptors (Lipinski definition) is 2. The number of benzene rings is 1. The molecule has 3 heteroatoms. The first-order valence-electron chi connectivity index (χ1n) is 6.43. The number of alkyl carbamates (subject to hydrolysis) is 1. The molecule has 3 nitrogen and oxygen atoms in total. The molecule has 0 atom stereocenters. The lowest BCUT2D eigenvalue weighted by molar-refractivity contribution is 0.139. The van der Waals surface area contributed by atoms with Crippen LogP contribution in [0.1, 0.15) is 38.8 Å². The molecule has 100 valence electrons. The Labute approximate surface area is 110 Å². The highest BCUT2D eigenvalue weighted by atomic mass is 16.5. The van der Waals surface area contributed by atoms with Crippen LogP contribution in [0.15, 0.2) is 24.3 Å². The molecular formula is C15H23NO2. The summed E-state index contributed by atoms with van der Waals surface area (Å²) < 4.78 is 5.13. The highest BCUT2D eigenvalue weighted by Gasteiger charge is 2.14. The lowest BCUT2D eigenvalue weighted by Gasteiger charge is -2.19. The van der Waals surface area contributed by atoms with Crippen LogP contribution < -0.4 is 5.32 Å². The molecule has 0 saturated carbocycles. The normalized spacial score (nSPS) is 11.1. The van der Waals surface area contributed by atoms with Crippen LogP contribution in [0.2, 0.25) is 0 Å². The summed E-state index contributed by atoms with van der Waals surface area (Å²) >= 11 is 0. The second kappa shape index (κ2) is 6.43. The van der Waals surface area contributed by atoms with E-state index in [0.29, 0.717) is 6.61 Å². The van der Waals surface area contributed by atoms with Gasteiger partial charge in [0.1, 0.15) is 0 Å². The zero-order chi connectivity index (χ0) is 13.6. The zero-order valence-corrected chi connectivity index (χ0v) is 11.7. The van der Waals surface area contributed by atoms with Crippen molar-refractivity contribution in [2.45, 2.75) is 46.1 Å². The van der Waals surface area contributed by atoms with E-state index in [-0.39, 0.29) is 11.6 Å². The Hall–Kier alpha value is -1.51. The molecule has 0 unspecified atom stereocenters. The van der Waals surface area contributed by atoms with E-state index in [2.05, 4.69) is 36.5 Å². The Bertz CT molecular complexity index is 376. The van der Waals surface area contributed by atoms with Crippen LogP contribution >= 0.6 is 0 Å². The Morgan fingerprint density at radius 2 is 1.72 bits per heavy atom. The third kappa shape index (κ3) is 5.71. The topological polar surface area (TPSA) is 38.3 Å². The molecule has 0 heterocycles. The van der Waals surface area contributed by atoms with Gasteiger partial charge in [0.2, 0.25) is 0 Å². The minimum absolute atomic E-state index is 0.250. The average Bonchev–Trinajstić information content (AvgIpc) is 2.27. The lowest BCUT2D eigenvalue weighted by atomic mass is 10.1. The van der Waals surface area contributed by atoms with Gasteiger partial charge in [0.25, 0.3) is 0 Å². The maximum Gasteiger partial charge on any atom is 0.407 e. The highest BCUT2D eigenvalue weighted by molar-refractivity contribution is 5.68. The van der Waals surface area contributed by atoms with E-state index in [1.165, 1.54) is 11.1 Å². The minimum atomic E-state index is -0.354. The Morgan fingerprint density at radius 1 is 1.17 bits per heavy atom. The molecule has 1 N–H and O–H groups in total. The van der Waals surface area contributed by atoms with E-state index in [1.54, 1.807) is 0 Å². The summed E-state index contributed by atoms with van der Waals surface area (Å²) in [6.07, 6.45) is 1.44. The molecule has 0 bridgehead atoms. The third-order valence-electron chi connectivity index (χ3n) is 2.53. The van der Waals surface area contributed by atoms with Crippen molar-refractivity contribution in [3.63, 3.8) is 0 Å². The van der Waals surface area contributed by atoms with Gasteiger partial charge < -0.3 is 10.1 Å². The molecule has 18 heavy (non-hydrogen) atoms. The van der Waals surface area contributed by atoms with Crippen molar-refractivity contribution >= 4 is 6.09 Å². The van der Waals surface area contributed by atoms with E-state index in [1.807, 2.05) is 20.8 Å². The quantitative estimate of drug-likeness (QED) is 0.889. The second-order valence-corrected chi connectivity index (χ2v) is 5.43. The fourth-order valence-corrected chi connectivity index (χ4v) is 1.55. The van der Waals surface area contributed by atoms with Crippen LogP contribution in [0.3, 0.4) is 0 Å². The number of aryl methyl sites for hydroxylation is 1. The number of rotatable bonds is 4. The van der Waals surface area contributed by atoms with Crippen LogP contribution in [-0.2, 0) is 17.6 Å². The summed E-state index contributed by atoms with van der Waals surface area (Å²) in [7, 11) is 0. The molecule has 1 amide bonds. The van der Waals surface area contributed by atoms with E-state index in [0.717, 1.165) is 12.8 Å². The van der Waals surface area contributed by atoms with Crippen LogP contribution in [-0.4, -0.2) is 18.2 Å². The van der Waals surface area contributed by atoms with Crippen LogP contribution in [0.25, 0.3) is 0 Å². The first-order valence-corrected chi connectivity index (χ1v) is 6.43. The predicted molar refractivity (Wildman–Crippen MR) is 73.8 cm³/mol. The van der Waals surface area contributed by atoms with Gasteiger partial charge in [-0.1, -0.05) is 31.2 Å². The number of ether oxygens (including phenoxy) is 1. The minimum Gasteiger partial charge on any atom is -0.449 e. The largest absolute Gasteiger partial charge is 0.449 e. The van der Waals surface area contributed by atoms with Crippen LogP contribution in [0.4, 0.5) is 4.79 Å². The average molecular weight is 249 g/mol. The van der Waals surface area contributed by atoms with Crippen molar-refractivity contribution < 1.29 is 9.53 Å². The molecular weight excluding hydrogens is 226 g/mol. The monoisotopic (exact) mass is 249 g/mol. The second-order valence-electron chi connectivity index (χ2n) is 5.43. The number of carbonyl (C=O) groups excluding carboxylic acids is 1. The molecule has 1 aromatic carbocycles. The molecule has 1 rings (SSSR count).